The van der Waals surface area contributed by atoms with Gasteiger partial charge in [0.25, 0.3) is 0 Å². The molecule has 0 saturated heterocycles. The number of likely N-dealkylation sites (N-methyl/N-ethyl adjacent to an activating group) is 1. The Hall–Kier alpha value is -2.30. The van der Waals surface area contributed by atoms with E-state index in [1.807, 2.05) is 25.2 Å². The molecule has 0 saturated carbocycles. The number of nitrogen functional groups attached to an aromatic ring is 1. The van der Waals surface area contributed by atoms with Crippen LogP contribution in [-0.4, -0.2) is 34.2 Å². The van der Waals surface area contributed by atoms with E-state index in [0.717, 1.165) is 19.4 Å². The zero-order chi connectivity index (χ0) is 14.4. The van der Waals surface area contributed by atoms with Crippen LogP contribution in [0.5, 0.6) is 0 Å². The van der Waals surface area contributed by atoms with Crippen LogP contribution in [0.4, 0.5) is 5.69 Å². The second-order valence-electron chi connectivity index (χ2n) is 4.88. The second-order valence-corrected chi connectivity index (χ2v) is 4.88. The maximum absolute atomic E-state index is 12.0. The van der Waals surface area contributed by atoms with Gasteiger partial charge in [0.15, 0.2) is 0 Å². The average molecular weight is 272 g/mol. The molecule has 0 atom stereocenters. The molecular weight excluding hydrogens is 252 g/mol. The van der Waals surface area contributed by atoms with Crippen LogP contribution in [0.1, 0.15) is 12.0 Å². The van der Waals surface area contributed by atoms with Crippen molar-refractivity contribution in [3.05, 3.63) is 48.3 Å². The molecule has 0 aliphatic carbocycles. The van der Waals surface area contributed by atoms with Crippen LogP contribution in [0.2, 0.25) is 0 Å². The minimum Gasteiger partial charge on any atom is -0.396 e. The Balaban J connectivity index is 1.74. The third-order valence-corrected chi connectivity index (χ3v) is 3.18. The first-order valence-electron chi connectivity index (χ1n) is 6.71. The summed E-state index contributed by atoms with van der Waals surface area (Å²) in [6.07, 6.45) is 5.14. The first-order chi connectivity index (χ1) is 9.65. The lowest BCUT2D eigenvalue weighted by atomic mass is 10.1. The lowest BCUT2D eigenvalue weighted by molar-refractivity contribution is -0.130. The maximum atomic E-state index is 12.0. The van der Waals surface area contributed by atoms with Gasteiger partial charge in [-0.1, -0.05) is 30.3 Å². The van der Waals surface area contributed by atoms with Gasteiger partial charge in [0, 0.05) is 19.8 Å². The highest BCUT2D eigenvalue weighted by molar-refractivity contribution is 5.75. The van der Waals surface area contributed by atoms with E-state index in [9.17, 15) is 4.79 Å². The lowest BCUT2D eigenvalue weighted by Gasteiger charge is -2.17. The number of amides is 1. The van der Waals surface area contributed by atoms with E-state index < -0.39 is 0 Å². The molecule has 1 aromatic carbocycles. The topological polar surface area (TPSA) is 64.2 Å². The number of carbonyl (C=O) groups is 1. The number of rotatable bonds is 6. The fraction of sp³-hybridized carbons (Fsp3) is 0.333. The highest BCUT2D eigenvalue weighted by atomic mass is 16.2. The number of hydrogen-bond donors (Lipinski definition) is 1. The number of nitrogens with two attached hydrogens (primary N) is 1. The summed E-state index contributed by atoms with van der Waals surface area (Å²) in [5, 5.41) is 4.01. The summed E-state index contributed by atoms with van der Waals surface area (Å²) in [5.41, 5.74) is 7.44. The SMILES string of the molecule is CN(CCCc1ccccc1)C(=O)Cn1cc(N)cn1. The van der Waals surface area contributed by atoms with Gasteiger partial charge in [-0.2, -0.15) is 5.10 Å². The molecule has 0 fully saturated rings. The summed E-state index contributed by atoms with van der Waals surface area (Å²) in [4.78, 5) is 13.7. The monoisotopic (exact) mass is 272 g/mol. The molecule has 5 heteroatoms. The predicted molar refractivity (Wildman–Crippen MR) is 79.0 cm³/mol. The fourth-order valence-electron chi connectivity index (χ4n) is 2.02. The number of benzene rings is 1. The fourth-order valence-corrected chi connectivity index (χ4v) is 2.02. The van der Waals surface area contributed by atoms with Gasteiger partial charge in [0.2, 0.25) is 5.91 Å². The first kappa shape index (κ1) is 14.1. The third-order valence-electron chi connectivity index (χ3n) is 3.18. The molecular formula is C15H20N4O. The van der Waals surface area contributed by atoms with Crippen LogP contribution in [0.25, 0.3) is 0 Å². The van der Waals surface area contributed by atoms with E-state index in [2.05, 4.69) is 17.2 Å². The Morgan fingerprint density at radius 3 is 2.75 bits per heavy atom. The van der Waals surface area contributed by atoms with E-state index in [0.29, 0.717) is 5.69 Å². The van der Waals surface area contributed by atoms with Gasteiger partial charge in [-0.05, 0) is 18.4 Å². The quantitative estimate of drug-likeness (QED) is 0.868. The van der Waals surface area contributed by atoms with Crippen LogP contribution >= 0.6 is 0 Å². The Morgan fingerprint density at radius 2 is 2.10 bits per heavy atom. The van der Waals surface area contributed by atoms with E-state index in [4.69, 9.17) is 5.73 Å². The average Bonchev–Trinajstić information content (AvgIpc) is 2.85. The number of hydrogen-bond acceptors (Lipinski definition) is 3. The highest BCUT2D eigenvalue weighted by Crippen LogP contribution is 2.04. The molecule has 1 amide bonds. The molecule has 0 aliphatic heterocycles. The van der Waals surface area contributed by atoms with Crippen molar-refractivity contribution >= 4 is 11.6 Å². The van der Waals surface area contributed by atoms with Gasteiger partial charge >= 0.3 is 0 Å². The van der Waals surface area contributed by atoms with Crippen LogP contribution in [0.3, 0.4) is 0 Å². The van der Waals surface area contributed by atoms with Gasteiger partial charge in [0.05, 0.1) is 11.9 Å². The summed E-state index contributed by atoms with van der Waals surface area (Å²) >= 11 is 0. The van der Waals surface area contributed by atoms with Crippen molar-refractivity contribution in [2.24, 2.45) is 0 Å². The zero-order valence-corrected chi connectivity index (χ0v) is 11.7. The minimum atomic E-state index is 0.0427. The molecule has 0 aliphatic rings. The molecule has 20 heavy (non-hydrogen) atoms. The number of aromatic nitrogens is 2. The van der Waals surface area contributed by atoms with Crippen molar-refractivity contribution in [1.82, 2.24) is 14.7 Å². The summed E-state index contributed by atoms with van der Waals surface area (Å²) in [6, 6.07) is 10.3. The van der Waals surface area contributed by atoms with Crippen molar-refractivity contribution in [1.29, 1.82) is 0 Å². The summed E-state index contributed by atoms with van der Waals surface area (Å²) < 4.78 is 1.56. The second kappa shape index (κ2) is 6.75. The Bertz CT molecular complexity index is 550. The summed E-state index contributed by atoms with van der Waals surface area (Å²) in [5.74, 6) is 0.0427. The molecule has 1 aromatic heterocycles. The number of anilines is 1. The van der Waals surface area contributed by atoms with E-state index >= 15 is 0 Å². The summed E-state index contributed by atoms with van der Waals surface area (Å²) in [7, 11) is 1.82. The van der Waals surface area contributed by atoms with Gasteiger partial charge in [-0.15, -0.1) is 0 Å². The van der Waals surface area contributed by atoms with Crippen molar-refractivity contribution in [2.75, 3.05) is 19.3 Å². The molecule has 5 nitrogen and oxygen atoms in total. The molecule has 106 valence electrons. The van der Waals surface area contributed by atoms with Gasteiger partial charge in [0.1, 0.15) is 6.54 Å². The Morgan fingerprint density at radius 1 is 1.35 bits per heavy atom. The standard InChI is InChI=1S/C15H20N4O/c1-18(9-5-8-13-6-3-2-4-7-13)15(20)12-19-11-14(16)10-17-19/h2-4,6-7,10-11H,5,8-9,12,16H2,1H3. The Labute approximate surface area is 119 Å². The van der Waals surface area contributed by atoms with Gasteiger partial charge in [-0.3, -0.25) is 9.48 Å². The van der Waals surface area contributed by atoms with Crippen molar-refractivity contribution in [3.8, 4) is 0 Å². The van der Waals surface area contributed by atoms with Crippen LogP contribution < -0.4 is 5.73 Å². The molecule has 2 N–H and O–H groups in total. The van der Waals surface area contributed by atoms with E-state index in [1.54, 1.807) is 22.0 Å². The molecule has 2 rings (SSSR count). The van der Waals surface area contributed by atoms with E-state index in [1.165, 1.54) is 5.56 Å². The minimum absolute atomic E-state index is 0.0427. The summed E-state index contributed by atoms with van der Waals surface area (Å²) in [6.45, 7) is 0.976. The van der Waals surface area contributed by atoms with Crippen LogP contribution in [-0.2, 0) is 17.8 Å². The molecule has 1 heterocycles. The maximum Gasteiger partial charge on any atom is 0.244 e. The molecule has 0 bridgehead atoms. The highest BCUT2D eigenvalue weighted by Gasteiger charge is 2.09. The molecule has 2 aromatic rings. The van der Waals surface area contributed by atoms with Gasteiger partial charge < -0.3 is 10.6 Å². The molecule has 0 unspecified atom stereocenters. The van der Waals surface area contributed by atoms with Crippen molar-refractivity contribution in [2.45, 2.75) is 19.4 Å². The normalized spacial score (nSPS) is 10.4. The zero-order valence-electron chi connectivity index (χ0n) is 11.7. The molecule has 0 spiro atoms. The smallest absolute Gasteiger partial charge is 0.244 e. The van der Waals surface area contributed by atoms with Crippen LogP contribution in [0.15, 0.2) is 42.7 Å². The van der Waals surface area contributed by atoms with Crippen molar-refractivity contribution < 1.29 is 4.79 Å². The molecule has 0 radical (unpaired) electrons. The number of carbonyl (C=O) groups excluding carboxylic acids is 1. The van der Waals surface area contributed by atoms with Crippen LogP contribution in [0, 0.1) is 0 Å². The third kappa shape index (κ3) is 4.12. The van der Waals surface area contributed by atoms with Gasteiger partial charge in [-0.25, -0.2) is 0 Å². The number of nitrogens with zero attached hydrogens (tertiary/aromatic N) is 3. The van der Waals surface area contributed by atoms with Crippen molar-refractivity contribution in [3.63, 3.8) is 0 Å². The Kier molecular flexibility index (Phi) is 4.76. The lowest BCUT2D eigenvalue weighted by Crippen LogP contribution is -2.31. The largest absolute Gasteiger partial charge is 0.396 e. The predicted octanol–water partition coefficient (Wildman–Crippen LogP) is 1.56. The van der Waals surface area contributed by atoms with E-state index in [-0.39, 0.29) is 12.5 Å². The first-order valence-corrected chi connectivity index (χ1v) is 6.71. The number of aryl methyl sites for hydroxylation is 1.